The first-order chi connectivity index (χ1) is 10.6. The van der Waals surface area contributed by atoms with Crippen LogP contribution in [0.2, 0.25) is 39.3 Å². The molecule has 0 aliphatic carbocycles. The Labute approximate surface area is 146 Å². The van der Waals surface area contributed by atoms with Crippen molar-refractivity contribution < 1.29 is 8.85 Å². The van der Waals surface area contributed by atoms with E-state index in [1.54, 1.807) is 11.8 Å². The molecular formula is C18H26O2SSi2. The lowest BCUT2D eigenvalue weighted by Crippen LogP contribution is -2.29. The molecule has 0 amide bonds. The molecule has 0 radical (unpaired) electrons. The highest BCUT2D eigenvalue weighted by atomic mass is 32.2. The Hall–Kier alpha value is -1.18. The van der Waals surface area contributed by atoms with Crippen molar-refractivity contribution in [3.05, 3.63) is 48.5 Å². The summed E-state index contributed by atoms with van der Waals surface area (Å²) in [5.74, 6) is 1.93. The summed E-state index contributed by atoms with van der Waals surface area (Å²) < 4.78 is 12.0. The van der Waals surface area contributed by atoms with Crippen molar-refractivity contribution in [2.75, 3.05) is 0 Å². The molecule has 0 atom stereocenters. The summed E-state index contributed by atoms with van der Waals surface area (Å²) in [4.78, 5) is 2.43. The summed E-state index contributed by atoms with van der Waals surface area (Å²) in [7, 11) is -3.07. The Balaban J connectivity index is 1.99. The Bertz CT molecular complexity index is 569. The van der Waals surface area contributed by atoms with Gasteiger partial charge in [0.25, 0.3) is 0 Å². The van der Waals surface area contributed by atoms with Crippen molar-refractivity contribution >= 4 is 28.4 Å². The van der Waals surface area contributed by atoms with Gasteiger partial charge in [-0.2, -0.15) is 0 Å². The van der Waals surface area contributed by atoms with E-state index in [1.807, 2.05) is 0 Å². The van der Waals surface area contributed by atoms with Crippen LogP contribution in [-0.2, 0) is 0 Å². The second kappa shape index (κ2) is 7.15. The van der Waals surface area contributed by atoms with Gasteiger partial charge in [0.1, 0.15) is 11.5 Å². The van der Waals surface area contributed by atoms with Gasteiger partial charge in [0.15, 0.2) is 0 Å². The van der Waals surface area contributed by atoms with E-state index in [0.29, 0.717) is 0 Å². The van der Waals surface area contributed by atoms with E-state index in [1.165, 1.54) is 9.79 Å². The minimum absolute atomic E-state index is 0.965. The highest BCUT2D eigenvalue weighted by Gasteiger charge is 2.16. The van der Waals surface area contributed by atoms with Gasteiger partial charge < -0.3 is 8.85 Å². The molecule has 5 heteroatoms. The van der Waals surface area contributed by atoms with Crippen LogP contribution in [0.25, 0.3) is 0 Å². The maximum absolute atomic E-state index is 5.99. The topological polar surface area (TPSA) is 18.5 Å². The third kappa shape index (κ3) is 6.85. The van der Waals surface area contributed by atoms with Gasteiger partial charge in [-0.05, 0) is 87.8 Å². The van der Waals surface area contributed by atoms with Crippen LogP contribution in [0.15, 0.2) is 58.3 Å². The molecule has 0 saturated heterocycles. The molecule has 0 fully saturated rings. The van der Waals surface area contributed by atoms with Crippen LogP contribution in [-0.4, -0.2) is 16.6 Å². The molecule has 2 aromatic carbocycles. The van der Waals surface area contributed by atoms with Crippen molar-refractivity contribution in [1.82, 2.24) is 0 Å². The second-order valence-electron chi connectivity index (χ2n) is 7.47. The van der Waals surface area contributed by atoms with Gasteiger partial charge in [0.2, 0.25) is 16.6 Å². The average Bonchev–Trinajstić information content (AvgIpc) is 2.40. The second-order valence-corrected chi connectivity index (χ2v) is 17.5. The molecular weight excluding hydrogens is 336 g/mol. The lowest BCUT2D eigenvalue weighted by molar-refractivity contribution is 0.556. The monoisotopic (exact) mass is 362 g/mol. The molecule has 0 aromatic heterocycles. The molecule has 0 unspecified atom stereocenters. The molecule has 0 N–H and O–H groups in total. The Morgan fingerprint density at radius 1 is 0.565 bits per heavy atom. The van der Waals surface area contributed by atoms with Crippen molar-refractivity contribution in [2.45, 2.75) is 49.1 Å². The smallest absolute Gasteiger partial charge is 0.242 e. The maximum atomic E-state index is 5.99. The van der Waals surface area contributed by atoms with E-state index in [-0.39, 0.29) is 0 Å². The summed E-state index contributed by atoms with van der Waals surface area (Å²) in [6.45, 7) is 13.2. The fourth-order valence-corrected chi connectivity index (χ4v) is 4.50. The molecule has 124 valence electrons. The van der Waals surface area contributed by atoms with E-state index >= 15 is 0 Å². The normalized spacial score (nSPS) is 12.1. The molecule has 23 heavy (non-hydrogen) atoms. The molecule has 2 rings (SSSR count). The number of hydrogen-bond acceptors (Lipinski definition) is 3. The summed E-state index contributed by atoms with van der Waals surface area (Å²) in [6.07, 6.45) is 0. The Kier molecular flexibility index (Phi) is 5.65. The third-order valence-electron chi connectivity index (χ3n) is 2.73. The Morgan fingerprint density at radius 2 is 0.870 bits per heavy atom. The minimum atomic E-state index is -1.53. The van der Waals surface area contributed by atoms with Crippen molar-refractivity contribution in [1.29, 1.82) is 0 Å². The van der Waals surface area contributed by atoms with E-state index in [9.17, 15) is 0 Å². The predicted octanol–water partition coefficient (Wildman–Crippen LogP) is 6.27. The van der Waals surface area contributed by atoms with Gasteiger partial charge in [-0.3, -0.25) is 0 Å². The van der Waals surface area contributed by atoms with Crippen molar-refractivity contribution in [3.63, 3.8) is 0 Å². The van der Waals surface area contributed by atoms with Crippen LogP contribution in [0.3, 0.4) is 0 Å². The number of benzene rings is 2. The van der Waals surface area contributed by atoms with Gasteiger partial charge >= 0.3 is 0 Å². The molecule has 2 nitrogen and oxygen atoms in total. The van der Waals surface area contributed by atoms with E-state index in [0.717, 1.165) is 11.5 Å². The highest BCUT2D eigenvalue weighted by Crippen LogP contribution is 2.31. The molecule has 0 aliphatic rings. The minimum Gasteiger partial charge on any atom is -0.544 e. The lowest BCUT2D eigenvalue weighted by Gasteiger charge is -2.19. The zero-order chi connectivity index (χ0) is 17.1. The third-order valence-corrected chi connectivity index (χ3v) is 5.44. The van der Waals surface area contributed by atoms with Gasteiger partial charge in [-0.25, -0.2) is 0 Å². The standard InChI is InChI=1S/C18H26O2SSi2/c1-22(2,3)19-15-7-11-17(12-8-15)21-18-13-9-16(10-14-18)20-23(4,5)6/h7-14H,1-6H3. The molecule has 0 saturated carbocycles. The Morgan fingerprint density at radius 3 is 1.13 bits per heavy atom. The number of rotatable bonds is 6. The first-order valence-electron chi connectivity index (χ1n) is 7.87. The van der Waals surface area contributed by atoms with Crippen LogP contribution in [0, 0.1) is 0 Å². The first-order valence-corrected chi connectivity index (χ1v) is 15.5. The summed E-state index contributed by atoms with van der Waals surface area (Å²) in [5, 5.41) is 0. The maximum Gasteiger partial charge on any atom is 0.242 e. The summed E-state index contributed by atoms with van der Waals surface area (Å²) in [6, 6.07) is 16.7. The van der Waals surface area contributed by atoms with E-state index in [2.05, 4.69) is 87.8 Å². The van der Waals surface area contributed by atoms with Gasteiger partial charge in [0.05, 0.1) is 0 Å². The molecule has 0 bridgehead atoms. The van der Waals surface area contributed by atoms with Crippen molar-refractivity contribution in [3.8, 4) is 11.5 Å². The van der Waals surface area contributed by atoms with Crippen LogP contribution in [0.1, 0.15) is 0 Å². The quantitative estimate of drug-likeness (QED) is 0.565. The van der Waals surface area contributed by atoms with Gasteiger partial charge in [-0.1, -0.05) is 11.8 Å². The fourth-order valence-electron chi connectivity index (χ4n) is 1.99. The van der Waals surface area contributed by atoms with Crippen LogP contribution in [0.4, 0.5) is 0 Å². The first kappa shape index (κ1) is 18.2. The van der Waals surface area contributed by atoms with Gasteiger partial charge in [-0.15, -0.1) is 0 Å². The number of hydrogen-bond donors (Lipinski definition) is 0. The SMILES string of the molecule is C[Si](C)(C)Oc1ccc(Sc2ccc(O[Si](C)(C)C)cc2)cc1. The molecule has 0 heterocycles. The largest absolute Gasteiger partial charge is 0.544 e. The average molecular weight is 363 g/mol. The zero-order valence-electron chi connectivity index (χ0n) is 14.8. The van der Waals surface area contributed by atoms with Crippen LogP contribution >= 0.6 is 11.8 Å². The summed E-state index contributed by atoms with van der Waals surface area (Å²) in [5.41, 5.74) is 0. The molecule has 0 spiro atoms. The van der Waals surface area contributed by atoms with E-state index in [4.69, 9.17) is 8.85 Å². The highest BCUT2D eigenvalue weighted by molar-refractivity contribution is 7.99. The zero-order valence-corrected chi connectivity index (χ0v) is 17.7. The van der Waals surface area contributed by atoms with Gasteiger partial charge in [0, 0.05) is 9.79 Å². The lowest BCUT2D eigenvalue weighted by atomic mass is 10.3. The fraction of sp³-hybridized carbons (Fsp3) is 0.333. The molecule has 2 aromatic rings. The van der Waals surface area contributed by atoms with Crippen LogP contribution in [0.5, 0.6) is 11.5 Å². The van der Waals surface area contributed by atoms with Crippen LogP contribution < -0.4 is 8.85 Å². The predicted molar refractivity (Wildman–Crippen MR) is 105 cm³/mol. The molecule has 0 aliphatic heterocycles. The summed E-state index contributed by atoms with van der Waals surface area (Å²) >= 11 is 1.75. The van der Waals surface area contributed by atoms with Crippen molar-refractivity contribution in [2.24, 2.45) is 0 Å². The van der Waals surface area contributed by atoms with E-state index < -0.39 is 16.6 Å².